The molecule has 0 atom stereocenters. The highest BCUT2D eigenvalue weighted by Gasteiger charge is 2.12. The van der Waals surface area contributed by atoms with Crippen LogP contribution in [-0.2, 0) is 6.54 Å². The number of fused-ring (bicyclic) bond motifs is 1. The zero-order valence-electron chi connectivity index (χ0n) is 24.1. The molecule has 1 aromatic rings. The van der Waals surface area contributed by atoms with Gasteiger partial charge in [-0.2, -0.15) is 0 Å². The van der Waals surface area contributed by atoms with Crippen LogP contribution in [0.3, 0.4) is 0 Å². The molecule has 1 heterocycles. The number of allylic oxidation sites excluding steroid dienone is 9. The first-order valence-corrected chi connectivity index (χ1v) is 13.7. The predicted molar refractivity (Wildman–Crippen MR) is 163 cm³/mol. The second-order valence-corrected chi connectivity index (χ2v) is 10.5. The Morgan fingerprint density at radius 3 is 1.70 bits per heavy atom. The molecule has 0 spiro atoms. The van der Waals surface area contributed by atoms with E-state index in [1.807, 2.05) is 6.07 Å². The van der Waals surface area contributed by atoms with Crippen LogP contribution in [0.4, 0.5) is 0 Å². The fourth-order valence-corrected chi connectivity index (χ4v) is 4.15. The van der Waals surface area contributed by atoms with Gasteiger partial charge >= 0.3 is 0 Å². The Morgan fingerprint density at radius 2 is 1.16 bits per heavy atom. The Morgan fingerprint density at radius 1 is 0.676 bits per heavy atom. The van der Waals surface area contributed by atoms with Gasteiger partial charge in [-0.05, 0) is 111 Å². The molecule has 1 aliphatic heterocycles. The number of rotatable bonds is 16. The van der Waals surface area contributed by atoms with E-state index >= 15 is 0 Å². The quantitative estimate of drug-likeness (QED) is 0.171. The van der Waals surface area contributed by atoms with E-state index < -0.39 is 0 Å². The standard InChI is InChI=1S/C33H49NO2.ClH/c1-26(2)11-7-12-27(3)13-8-14-28(4)15-9-16-29(5)17-10-18-30(6)21-22-34-24-31-19-20-32-33(23-31)36-25-35-32;/h11,13,15,17,19-21,23,34H,7-10,12,14,16,18,22,24-25H2,1-6H3;1H/b27-13?,28-15?,29-17?,30-21+;. The summed E-state index contributed by atoms with van der Waals surface area (Å²) in [5.41, 5.74) is 8.61. The van der Waals surface area contributed by atoms with Crippen molar-refractivity contribution in [1.82, 2.24) is 5.32 Å². The molecule has 0 saturated carbocycles. The number of benzene rings is 1. The SMILES string of the molecule is CC(C)=CCCC(C)=CCCC(C)=CCCC(C)=CCC/C(C)=C/CNCc1ccc2c(c1)OCO2.Cl. The van der Waals surface area contributed by atoms with Crippen molar-refractivity contribution in [2.24, 2.45) is 0 Å². The molecule has 0 radical (unpaired) electrons. The maximum atomic E-state index is 5.45. The molecule has 3 nitrogen and oxygen atoms in total. The molecule has 37 heavy (non-hydrogen) atoms. The van der Waals surface area contributed by atoms with E-state index in [0.717, 1.165) is 56.7 Å². The van der Waals surface area contributed by atoms with Gasteiger partial charge in [-0.3, -0.25) is 0 Å². The van der Waals surface area contributed by atoms with Crippen LogP contribution in [0.2, 0.25) is 0 Å². The van der Waals surface area contributed by atoms with Gasteiger partial charge in [-0.1, -0.05) is 64.3 Å². The van der Waals surface area contributed by atoms with E-state index in [4.69, 9.17) is 9.47 Å². The van der Waals surface area contributed by atoms with E-state index in [2.05, 4.69) is 89.4 Å². The van der Waals surface area contributed by atoms with Gasteiger partial charge in [0.15, 0.2) is 11.5 Å². The average Bonchev–Trinajstić information content (AvgIpc) is 3.29. The third kappa shape index (κ3) is 14.9. The molecule has 0 bridgehead atoms. The molecule has 0 aromatic heterocycles. The zero-order chi connectivity index (χ0) is 26.2. The molecule has 0 amide bonds. The van der Waals surface area contributed by atoms with Crippen LogP contribution < -0.4 is 14.8 Å². The van der Waals surface area contributed by atoms with E-state index in [0.29, 0.717) is 6.79 Å². The summed E-state index contributed by atoms with van der Waals surface area (Å²) >= 11 is 0. The molecular weight excluding hydrogens is 478 g/mol. The summed E-state index contributed by atoms with van der Waals surface area (Å²) in [5, 5.41) is 3.49. The third-order valence-corrected chi connectivity index (χ3v) is 6.55. The van der Waals surface area contributed by atoms with Crippen molar-refractivity contribution in [3.63, 3.8) is 0 Å². The fraction of sp³-hybridized carbons (Fsp3) is 0.515. The lowest BCUT2D eigenvalue weighted by molar-refractivity contribution is 0.174. The highest BCUT2D eigenvalue weighted by atomic mass is 35.5. The van der Waals surface area contributed by atoms with Crippen LogP contribution in [-0.4, -0.2) is 13.3 Å². The normalized spacial score (nSPS) is 14.0. The first-order chi connectivity index (χ1) is 17.3. The molecule has 1 aliphatic rings. The van der Waals surface area contributed by atoms with Crippen molar-refractivity contribution in [2.75, 3.05) is 13.3 Å². The summed E-state index contributed by atoms with van der Waals surface area (Å²) < 4.78 is 10.8. The number of halogens is 1. The smallest absolute Gasteiger partial charge is 0.231 e. The second kappa shape index (κ2) is 18.9. The first kappa shape index (κ1) is 32.8. The largest absolute Gasteiger partial charge is 0.454 e. The van der Waals surface area contributed by atoms with E-state index in [-0.39, 0.29) is 12.4 Å². The molecule has 0 saturated heterocycles. The lowest BCUT2D eigenvalue weighted by Gasteiger charge is -2.05. The van der Waals surface area contributed by atoms with Crippen molar-refractivity contribution in [3.8, 4) is 11.5 Å². The predicted octanol–water partition coefficient (Wildman–Crippen LogP) is 9.80. The van der Waals surface area contributed by atoms with Gasteiger partial charge < -0.3 is 14.8 Å². The summed E-state index contributed by atoms with van der Waals surface area (Å²) in [6, 6.07) is 6.13. The molecule has 0 unspecified atom stereocenters. The van der Waals surface area contributed by atoms with E-state index in [1.165, 1.54) is 52.7 Å². The molecular formula is C33H50ClNO2. The van der Waals surface area contributed by atoms with Gasteiger partial charge in [0.05, 0.1) is 0 Å². The number of hydrogen-bond acceptors (Lipinski definition) is 3. The van der Waals surface area contributed by atoms with Crippen LogP contribution in [0, 0.1) is 0 Å². The van der Waals surface area contributed by atoms with Crippen molar-refractivity contribution in [1.29, 1.82) is 0 Å². The summed E-state index contributed by atoms with van der Waals surface area (Å²) in [6.45, 7) is 15.4. The Bertz CT molecular complexity index is 965. The zero-order valence-corrected chi connectivity index (χ0v) is 24.9. The van der Waals surface area contributed by atoms with Gasteiger partial charge in [0.1, 0.15) is 0 Å². The Hall–Kier alpha value is -2.23. The van der Waals surface area contributed by atoms with Gasteiger partial charge in [-0.25, -0.2) is 0 Å². The van der Waals surface area contributed by atoms with Crippen molar-refractivity contribution in [2.45, 2.75) is 99.5 Å². The van der Waals surface area contributed by atoms with E-state index in [1.54, 1.807) is 0 Å². The maximum absolute atomic E-state index is 5.45. The lowest BCUT2D eigenvalue weighted by atomic mass is 10.0. The van der Waals surface area contributed by atoms with Gasteiger partial charge in [0.25, 0.3) is 0 Å². The Balaban J connectivity index is 0.00000684. The molecule has 1 N–H and O–H groups in total. The summed E-state index contributed by atoms with van der Waals surface area (Å²) in [7, 11) is 0. The highest BCUT2D eigenvalue weighted by molar-refractivity contribution is 5.85. The molecule has 4 heteroatoms. The van der Waals surface area contributed by atoms with Gasteiger partial charge in [-0.15, -0.1) is 12.4 Å². The summed E-state index contributed by atoms with van der Waals surface area (Å²) in [5.74, 6) is 1.69. The number of hydrogen-bond donors (Lipinski definition) is 1. The van der Waals surface area contributed by atoms with Crippen LogP contribution in [0.25, 0.3) is 0 Å². The van der Waals surface area contributed by atoms with Crippen molar-refractivity contribution < 1.29 is 9.47 Å². The maximum Gasteiger partial charge on any atom is 0.231 e. The molecule has 1 aromatic carbocycles. The molecule has 0 aliphatic carbocycles. The van der Waals surface area contributed by atoms with Crippen LogP contribution >= 0.6 is 12.4 Å². The average molecular weight is 528 g/mol. The topological polar surface area (TPSA) is 30.5 Å². The molecule has 206 valence electrons. The van der Waals surface area contributed by atoms with Crippen molar-refractivity contribution in [3.05, 3.63) is 82.0 Å². The third-order valence-electron chi connectivity index (χ3n) is 6.55. The van der Waals surface area contributed by atoms with Crippen molar-refractivity contribution >= 4 is 12.4 Å². The Kier molecular flexibility index (Phi) is 16.8. The highest BCUT2D eigenvalue weighted by Crippen LogP contribution is 2.32. The lowest BCUT2D eigenvalue weighted by Crippen LogP contribution is -2.13. The second-order valence-electron chi connectivity index (χ2n) is 10.5. The minimum atomic E-state index is 0. The van der Waals surface area contributed by atoms with E-state index in [9.17, 15) is 0 Å². The first-order valence-electron chi connectivity index (χ1n) is 13.7. The summed E-state index contributed by atoms with van der Waals surface area (Å²) in [4.78, 5) is 0. The molecule has 0 fully saturated rings. The van der Waals surface area contributed by atoms with Crippen LogP contribution in [0.15, 0.2) is 76.4 Å². The monoisotopic (exact) mass is 527 g/mol. The van der Waals surface area contributed by atoms with Gasteiger partial charge in [0.2, 0.25) is 6.79 Å². The minimum Gasteiger partial charge on any atom is -0.454 e. The van der Waals surface area contributed by atoms with Gasteiger partial charge in [0, 0.05) is 13.1 Å². The number of nitrogens with one attached hydrogen (secondary N) is 1. The van der Waals surface area contributed by atoms with Crippen LogP contribution in [0.1, 0.15) is 98.5 Å². The minimum absolute atomic E-state index is 0. The number of ether oxygens (including phenoxy) is 2. The Labute approximate surface area is 233 Å². The van der Waals surface area contributed by atoms with Crippen LogP contribution in [0.5, 0.6) is 11.5 Å². The fourth-order valence-electron chi connectivity index (χ4n) is 4.15. The summed E-state index contributed by atoms with van der Waals surface area (Å²) in [6.07, 6.45) is 21.1. The molecule has 2 rings (SSSR count).